The van der Waals surface area contributed by atoms with Gasteiger partial charge in [0, 0.05) is 41.8 Å². The summed E-state index contributed by atoms with van der Waals surface area (Å²) < 4.78 is 0. The van der Waals surface area contributed by atoms with Gasteiger partial charge >= 0.3 is 0 Å². The van der Waals surface area contributed by atoms with E-state index in [1.54, 1.807) is 23.1 Å². The molecule has 1 aromatic carbocycles. The lowest BCUT2D eigenvalue weighted by Gasteiger charge is -2.21. The van der Waals surface area contributed by atoms with Crippen molar-refractivity contribution in [2.45, 2.75) is 25.8 Å². The second-order valence-corrected chi connectivity index (χ2v) is 5.53. The molecule has 2 amide bonds. The lowest BCUT2D eigenvalue weighted by Crippen LogP contribution is -2.42. The highest BCUT2D eigenvalue weighted by Crippen LogP contribution is 2.17. The van der Waals surface area contributed by atoms with Crippen molar-refractivity contribution in [3.63, 3.8) is 0 Å². The van der Waals surface area contributed by atoms with E-state index in [-0.39, 0.29) is 17.9 Å². The van der Waals surface area contributed by atoms with E-state index in [0.717, 1.165) is 13.0 Å². The van der Waals surface area contributed by atoms with E-state index in [1.807, 2.05) is 6.92 Å². The van der Waals surface area contributed by atoms with Crippen molar-refractivity contribution in [1.82, 2.24) is 10.2 Å². The van der Waals surface area contributed by atoms with Crippen LogP contribution in [0.2, 0.25) is 5.02 Å². The van der Waals surface area contributed by atoms with Crippen LogP contribution in [0.5, 0.6) is 0 Å². The van der Waals surface area contributed by atoms with Gasteiger partial charge in [-0.1, -0.05) is 11.6 Å². The summed E-state index contributed by atoms with van der Waals surface area (Å²) in [6.45, 7) is 3.17. The molecule has 0 saturated carbocycles. The molecule has 1 aliphatic heterocycles. The number of hydrogen-bond donors (Lipinski definition) is 2. The molecule has 0 aromatic heterocycles. The number of rotatable bonds is 4. The smallest absolute Gasteiger partial charge is 0.251 e. The molecule has 0 spiro atoms. The van der Waals surface area contributed by atoms with Crippen molar-refractivity contribution in [2.75, 3.05) is 18.8 Å². The Morgan fingerprint density at radius 2 is 2.25 bits per heavy atom. The summed E-state index contributed by atoms with van der Waals surface area (Å²) >= 11 is 5.87. The molecule has 0 aliphatic carbocycles. The summed E-state index contributed by atoms with van der Waals surface area (Å²) in [6.07, 6.45) is 1.50. The fraction of sp³-hybridized carbons (Fsp3) is 0.429. The second-order valence-electron chi connectivity index (χ2n) is 5.09. The van der Waals surface area contributed by atoms with Gasteiger partial charge in [-0.2, -0.15) is 0 Å². The van der Waals surface area contributed by atoms with Gasteiger partial charge in [0.1, 0.15) is 0 Å². The second kappa shape index (κ2) is 6.13. The molecule has 1 saturated heterocycles. The number of carbonyl (C=O) groups excluding carboxylic acids is 2. The first-order valence-corrected chi connectivity index (χ1v) is 6.98. The summed E-state index contributed by atoms with van der Waals surface area (Å²) in [5.74, 6) is -0.0866. The molecule has 3 N–H and O–H groups in total. The number of anilines is 1. The highest BCUT2D eigenvalue weighted by Gasteiger charge is 2.22. The number of likely N-dealkylation sites (tertiary alicyclic amines) is 1. The van der Waals surface area contributed by atoms with Crippen LogP contribution in [-0.2, 0) is 4.79 Å². The molecule has 1 unspecified atom stereocenters. The summed E-state index contributed by atoms with van der Waals surface area (Å²) in [5.41, 5.74) is 6.54. The highest BCUT2D eigenvalue weighted by atomic mass is 35.5. The van der Waals surface area contributed by atoms with Gasteiger partial charge in [0.15, 0.2) is 0 Å². The lowest BCUT2D eigenvalue weighted by molar-refractivity contribution is -0.127. The van der Waals surface area contributed by atoms with Crippen molar-refractivity contribution in [1.29, 1.82) is 0 Å². The molecule has 0 radical (unpaired) electrons. The standard InChI is InChI=1S/C14H18ClN3O2/c1-9(8-18-4-2-3-13(18)19)17-14(20)10-5-11(15)7-12(16)6-10/h5-7,9H,2-4,8,16H2,1H3,(H,17,20). The number of halogens is 1. The molecule has 20 heavy (non-hydrogen) atoms. The molecule has 0 bridgehead atoms. The van der Waals surface area contributed by atoms with Gasteiger partial charge < -0.3 is 16.0 Å². The van der Waals surface area contributed by atoms with Gasteiger partial charge in [-0.3, -0.25) is 9.59 Å². The third-order valence-electron chi connectivity index (χ3n) is 3.23. The van der Waals surface area contributed by atoms with E-state index in [9.17, 15) is 9.59 Å². The van der Waals surface area contributed by atoms with Crippen molar-refractivity contribution < 1.29 is 9.59 Å². The van der Waals surface area contributed by atoms with Crippen LogP contribution >= 0.6 is 11.6 Å². The fourth-order valence-electron chi connectivity index (χ4n) is 2.32. The van der Waals surface area contributed by atoms with Crippen LogP contribution in [-0.4, -0.2) is 35.8 Å². The third-order valence-corrected chi connectivity index (χ3v) is 3.44. The van der Waals surface area contributed by atoms with Crippen molar-refractivity contribution >= 4 is 29.1 Å². The van der Waals surface area contributed by atoms with Crippen LogP contribution in [0, 0.1) is 0 Å². The van der Waals surface area contributed by atoms with E-state index in [1.165, 1.54) is 0 Å². The van der Waals surface area contributed by atoms with E-state index in [0.29, 0.717) is 29.2 Å². The lowest BCUT2D eigenvalue weighted by atomic mass is 10.1. The van der Waals surface area contributed by atoms with Gasteiger partial charge in [0.05, 0.1) is 0 Å². The average Bonchev–Trinajstić information content (AvgIpc) is 2.73. The van der Waals surface area contributed by atoms with Gasteiger partial charge in [-0.05, 0) is 31.5 Å². The first-order chi connectivity index (χ1) is 9.45. The molecule has 1 aliphatic rings. The summed E-state index contributed by atoms with van der Waals surface area (Å²) in [7, 11) is 0. The SMILES string of the molecule is CC(CN1CCCC1=O)NC(=O)c1cc(N)cc(Cl)c1. The maximum absolute atomic E-state index is 12.1. The van der Waals surface area contributed by atoms with E-state index in [2.05, 4.69) is 5.32 Å². The van der Waals surface area contributed by atoms with Crippen molar-refractivity contribution in [3.8, 4) is 0 Å². The Balaban J connectivity index is 1.94. The Morgan fingerprint density at radius 3 is 2.85 bits per heavy atom. The Hall–Kier alpha value is -1.75. The van der Waals surface area contributed by atoms with Crippen LogP contribution in [0.3, 0.4) is 0 Å². The minimum Gasteiger partial charge on any atom is -0.399 e. The topological polar surface area (TPSA) is 75.4 Å². The van der Waals surface area contributed by atoms with Crippen LogP contribution in [0.4, 0.5) is 5.69 Å². The van der Waals surface area contributed by atoms with Gasteiger partial charge in [0.25, 0.3) is 5.91 Å². The largest absolute Gasteiger partial charge is 0.399 e. The number of carbonyl (C=O) groups is 2. The summed E-state index contributed by atoms with van der Waals surface area (Å²) in [6, 6.07) is 4.62. The molecule has 6 heteroatoms. The zero-order valence-electron chi connectivity index (χ0n) is 11.4. The minimum absolute atomic E-state index is 0.121. The quantitative estimate of drug-likeness (QED) is 0.830. The Labute approximate surface area is 123 Å². The number of hydrogen-bond acceptors (Lipinski definition) is 3. The van der Waals surface area contributed by atoms with Gasteiger partial charge in [0.2, 0.25) is 5.91 Å². The zero-order valence-corrected chi connectivity index (χ0v) is 12.1. The molecular weight excluding hydrogens is 278 g/mol. The average molecular weight is 296 g/mol. The maximum atomic E-state index is 12.1. The number of benzene rings is 1. The monoisotopic (exact) mass is 295 g/mol. The minimum atomic E-state index is -0.238. The van der Waals surface area contributed by atoms with Crippen LogP contribution in [0.1, 0.15) is 30.1 Å². The Bertz CT molecular complexity index is 513. The number of nitrogens with zero attached hydrogens (tertiary/aromatic N) is 1. The first kappa shape index (κ1) is 14.7. The predicted octanol–water partition coefficient (Wildman–Crippen LogP) is 1.66. The molecular formula is C14H18ClN3O2. The summed E-state index contributed by atoms with van der Waals surface area (Å²) in [4.78, 5) is 25.4. The number of nitrogens with one attached hydrogen (secondary N) is 1. The van der Waals surface area contributed by atoms with Crippen LogP contribution in [0.25, 0.3) is 0 Å². The van der Waals surface area contributed by atoms with E-state index in [4.69, 9.17) is 17.3 Å². The van der Waals surface area contributed by atoms with Gasteiger partial charge in [-0.25, -0.2) is 0 Å². The molecule has 108 valence electrons. The third kappa shape index (κ3) is 3.63. The molecule has 1 fully saturated rings. The maximum Gasteiger partial charge on any atom is 0.251 e. The van der Waals surface area contributed by atoms with Crippen molar-refractivity contribution in [2.24, 2.45) is 0 Å². The number of amides is 2. The van der Waals surface area contributed by atoms with Crippen molar-refractivity contribution in [3.05, 3.63) is 28.8 Å². The van der Waals surface area contributed by atoms with E-state index < -0.39 is 0 Å². The number of nitrogens with two attached hydrogens (primary N) is 1. The van der Waals surface area contributed by atoms with E-state index >= 15 is 0 Å². The molecule has 2 rings (SSSR count). The molecule has 1 heterocycles. The molecule has 5 nitrogen and oxygen atoms in total. The van der Waals surface area contributed by atoms with Crippen LogP contribution < -0.4 is 11.1 Å². The first-order valence-electron chi connectivity index (χ1n) is 6.60. The fourth-order valence-corrected chi connectivity index (χ4v) is 2.57. The Morgan fingerprint density at radius 1 is 1.50 bits per heavy atom. The predicted molar refractivity (Wildman–Crippen MR) is 78.6 cm³/mol. The van der Waals surface area contributed by atoms with Gasteiger partial charge in [-0.15, -0.1) is 0 Å². The summed E-state index contributed by atoms with van der Waals surface area (Å²) in [5, 5.41) is 3.28. The number of nitrogen functional groups attached to an aromatic ring is 1. The van der Waals surface area contributed by atoms with Crippen LogP contribution in [0.15, 0.2) is 18.2 Å². The highest BCUT2D eigenvalue weighted by molar-refractivity contribution is 6.31. The normalized spacial score (nSPS) is 16.3. The molecule has 1 aromatic rings. The zero-order chi connectivity index (χ0) is 14.7. The molecule has 1 atom stereocenters. The Kier molecular flexibility index (Phi) is 4.49.